The first-order valence-electron chi connectivity index (χ1n) is 11.8. The van der Waals surface area contributed by atoms with Crippen LogP contribution in [0.15, 0.2) is 54.1 Å². The van der Waals surface area contributed by atoms with E-state index < -0.39 is 17.7 Å². The minimum absolute atomic E-state index is 0.0972. The molecular weight excluding hydrogens is 416 g/mol. The lowest BCUT2D eigenvalue weighted by atomic mass is 9.94. The Kier molecular flexibility index (Phi) is 6.84. The Bertz CT molecular complexity index is 1030. The molecule has 2 aromatic rings. The van der Waals surface area contributed by atoms with E-state index in [4.69, 9.17) is 4.74 Å². The molecule has 2 aliphatic rings. The average Bonchev–Trinajstić information content (AvgIpc) is 3.43. The maximum absolute atomic E-state index is 13.2. The molecule has 2 aliphatic heterocycles. The third kappa shape index (κ3) is 4.53. The zero-order chi connectivity index (χ0) is 23.5. The number of carbonyl (C=O) groups is 2. The fourth-order valence-electron chi connectivity index (χ4n) is 4.75. The fraction of sp³-hybridized carbons (Fsp3) is 0.407. The van der Waals surface area contributed by atoms with E-state index in [9.17, 15) is 14.7 Å². The molecule has 6 heteroatoms. The van der Waals surface area contributed by atoms with Gasteiger partial charge in [-0.3, -0.25) is 9.59 Å². The summed E-state index contributed by atoms with van der Waals surface area (Å²) in [5.74, 6) is -1.37. The molecule has 0 aromatic heterocycles. The number of aliphatic hydroxyl groups is 1. The first-order valence-corrected chi connectivity index (χ1v) is 11.8. The first-order chi connectivity index (χ1) is 15.9. The highest BCUT2D eigenvalue weighted by Gasteiger charge is 2.47. The SMILES string of the molecule is CCN(CC)c1ccc(C2/C(=C(/O)c3ccc(C)cc3)C(=O)C(=O)N2CC2CCCO2)cc1. The molecule has 2 unspecified atom stereocenters. The van der Waals surface area contributed by atoms with Crippen LogP contribution in [0.25, 0.3) is 5.76 Å². The molecule has 0 spiro atoms. The van der Waals surface area contributed by atoms with Gasteiger partial charge in [0, 0.05) is 37.5 Å². The van der Waals surface area contributed by atoms with Gasteiger partial charge in [-0.15, -0.1) is 0 Å². The lowest BCUT2D eigenvalue weighted by molar-refractivity contribution is -0.140. The zero-order valence-corrected chi connectivity index (χ0v) is 19.6. The van der Waals surface area contributed by atoms with Crippen molar-refractivity contribution in [3.8, 4) is 0 Å². The molecule has 0 saturated carbocycles. The van der Waals surface area contributed by atoms with Crippen LogP contribution in [0.5, 0.6) is 0 Å². The summed E-state index contributed by atoms with van der Waals surface area (Å²) in [6.07, 6.45) is 1.70. The summed E-state index contributed by atoms with van der Waals surface area (Å²) in [6.45, 7) is 8.95. The van der Waals surface area contributed by atoms with Crippen LogP contribution in [-0.2, 0) is 14.3 Å². The van der Waals surface area contributed by atoms with Crippen molar-refractivity contribution in [1.29, 1.82) is 0 Å². The number of rotatable bonds is 7. The average molecular weight is 449 g/mol. The molecule has 4 rings (SSSR count). The van der Waals surface area contributed by atoms with Crippen LogP contribution in [0.4, 0.5) is 5.69 Å². The van der Waals surface area contributed by atoms with Crippen LogP contribution < -0.4 is 4.90 Å². The standard InChI is InChI=1S/C27H32N2O4/c1-4-28(5-2)21-14-12-19(13-15-21)24-23(25(30)20-10-8-18(3)9-11-20)26(31)27(32)29(24)17-22-7-6-16-33-22/h8-15,22,24,30H,4-7,16-17H2,1-3H3/b25-23-. The van der Waals surface area contributed by atoms with Crippen molar-refractivity contribution < 1.29 is 19.4 Å². The van der Waals surface area contributed by atoms with Gasteiger partial charge in [0.25, 0.3) is 11.7 Å². The van der Waals surface area contributed by atoms with Crippen LogP contribution in [-0.4, -0.2) is 54.0 Å². The number of benzene rings is 2. The Labute approximate surface area is 195 Å². The Morgan fingerprint density at radius 2 is 1.73 bits per heavy atom. The highest BCUT2D eigenvalue weighted by molar-refractivity contribution is 6.46. The van der Waals surface area contributed by atoms with Gasteiger partial charge in [0.1, 0.15) is 5.76 Å². The summed E-state index contributed by atoms with van der Waals surface area (Å²) in [4.78, 5) is 30.1. The van der Waals surface area contributed by atoms with Crippen LogP contribution >= 0.6 is 0 Å². The minimum Gasteiger partial charge on any atom is -0.507 e. The number of aliphatic hydroxyl groups excluding tert-OH is 1. The van der Waals surface area contributed by atoms with E-state index in [0.717, 1.165) is 42.7 Å². The molecule has 6 nitrogen and oxygen atoms in total. The Hall–Kier alpha value is -3.12. The number of hydrogen-bond acceptors (Lipinski definition) is 5. The van der Waals surface area contributed by atoms with Gasteiger partial charge in [-0.1, -0.05) is 42.0 Å². The van der Waals surface area contributed by atoms with E-state index in [2.05, 4.69) is 18.7 Å². The minimum atomic E-state index is -0.652. The molecule has 0 bridgehead atoms. The number of hydrogen-bond donors (Lipinski definition) is 1. The lowest BCUT2D eigenvalue weighted by Crippen LogP contribution is -2.36. The van der Waals surface area contributed by atoms with Crippen molar-refractivity contribution >= 4 is 23.1 Å². The summed E-state index contributed by atoms with van der Waals surface area (Å²) in [6, 6.07) is 14.6. The normalized spacial score (nSPS) is 22.2. The third-order valence-corrected chi connectivity index (χ3v) is 6.63. The molecule has 2 saturated heterocycles. The fourth-order valence-corrected chi connectivity index (χ4v) is 4.75. The van der Waals surface area contributed by atoms with Crippen LogP contribution in [0, 0.1) is 6.92 Å². The molecule has 1 N–H and O–H groups in total. The van der Waals surface area contributed by atoms with Gasteiger partial charge in [0.2, 0.25) is 0 Å². The van der Waals surface area contributed by atoms with Crippen LogP contribution in [0.3, 0.4) is 0 Å². The number of anilines is 1. The van der Waals surface area contributed by atoms with Gasteiger partial charge >= 0.3 is 0 Å². The second-order valence-corrected chi connectivity index (χ2v) is 8.72. The molecule has 33 heavy (non-hydrogen) atoms. The van der Waals surface area contributed by atoms with Crippen molar-refractivity contribution in [2.75, 3.05) is 31.1 Å². The predicted molar refractivity (Wildman–Crippen MR) is 129 cm³/mol. The molecule has 2 fully saturated rings. The molecule has 0 radical (unpaired) electrons. The summed E-state index contributed by atoms with van der Waals surface area (Å²) >= 11 is 0. The van der Waals surface area contributed by atoms with Crippen molar-refractivity contribution in [1.82, 2.24) is 4.90 Å². The molecular formula is C27H32N2O4. The summed E-state index contributed by atoms with van der Waals surface area (Å²) < 4.78 is 5.77. The van der Waals surface area contributed by atoms with Gasteiger partial charge in [-0.25, -0.2) is 0 Å². The first kappa shape index (κ1) is 23.1. The van der Waals surface area contributed by atoms with Gasteiger partial charge in [0.05, 0.1) is 17.7 Å². The number of amides is 1. The van der Waals surface area contributed by atoms with Gasteiger partial charge in [0.15, 0.2) is 0 Å². The smallest absolute Gasteiger partial charge is 0.295 e. The number of aryl methyl sites for hydroxylation is 1. The number of carbonyl (C=O) groups excluding carboxylic acids is 2. The molecule has 2 atom stereocenters. The molecule has 2 heterocycles. The summed E-state index contributed by atoms with van der Waals surface area (Å²) in [7, 11) is 0. The topological polar surface area (TPSA) is 70.1 Å². The van der Waals surface area contributed by atoms with E-state index in [1.165, 1.54) is 0 Å². The summed E-state index contributed by atoms with van der Waals surface area (Å²) in [5.41, 5.74) is 3.60. The Morgan fingerprint density at radius 1 is 1.06 bits per heavy atom. The van der Waals surface area contributed by atoms with Crippen molar-refractivity contribution in [2.24, 2.45) is 0 Å². The van der Waals surface area contributed by atoms with E-state index in [1.807, 2.05) is 43.3 Å². The van der Waals surface area contributed by atoms with Crippen LogP contribution in [0.1, 0.15) is 49.4 Å². The predicted octanol–water partition coefficient (Wildman–Crippen LogP) is 4.44. The second-order valence-electron chi connectivity index (χ2n) is 8.72. The maximum atomic E-state index is 13.2. The third-order valence-electron chi connectivity index (χ3n) is 6.63. The van der Waals surface area contributed by atoms with Crippen molar-refractivity contribution in [2.45, 2.75) is 45.8 Å². The zero-order valence-electron chi connectivity index (χ0n) is 19.6. The van der Waals surface area contributed by atoms with Crippen molar-refractivity contribution in [3.05, 3.63) is 70.8 Å². The molecule has 0 aliphatic carbocycles. The second kappa shape index (κ2) is 9.79. The Morgan fingerprint density at radius 3 is 2.30 bits per heavy atom. The molecule has 174 valence electrons. The maximum Gasteiger partial charge on any atom is 0.295 e. The number of likely N-dealkylation sites (tertiary alicyclic amines) is 1. The van der Waals surface area contributed by atoms with Crippen molar-refractivity contribution in [3.63, 3.8) is 0 Å². The highest BCUT2D eigenvalue weighted by atomic mass is 16.5. The number of ether oxygens (including phenoxy) is 1. The van der Waals surface area contributed by atoms with E-state index in [1.54, 1.807) is 17.0 Å². The molecule has 2 aromatic carbocycles. The Balaban J connectivity index is 1.78. The van der Waals surface area contributed by atoms with Gasteiger partial charge < -0.3 is 19.6 Å². The monoisotopic (exact) mass is 448 g/mol. The molecule has 1 amide bonds. The highest BCUT2D eigenvalue weighted by Crippen LogP contribution is 2.40. The number of ketones is 1. The van der Waals surface area contributed by atoms with Gasteiger partial charge in [-0.2, -0.15) is 0 Å². The van der Waals surface area contributed by atoms with E-state index in [0.29, 0.717) is 18.7 Å². The largest absolute Gasteiger partial charge is 0.507 e. The van der Waals surface area contributed by atoms with E-state index >= 15 is 0 Å². The quantitative estimate of drug-likeness (QED) is 0.385. The van der Waals surface area contributed by atoms with Crippen LogP contribution in [0.2, 0.25) is 0 Å². The summed E-state index contributed by atoms with van der Waals surface area (Å²) in [5, 5.41) is 11.2. The lowest BCUT2D eigenvalue weighted by Gasteiger charge is -2.28. The van der Waals surface area contributed by atoms with E-state index in [-0.39, 0.29) is 17.4 Å². The number of nitrogens with zero attached hydrogens (tertiary/aromatic N) is 2. The number of Topliss-reactive ketones (excluding diaryl/α,β-unsaturated/α-hetero) is 1. The van der Waals surface area contributed by atoms with Gasteiger partial charge in [-0.05, 0) is 51.3 Å².